The third kappa shape index (κ3) is 5.71. The lowest BCUT2D eigenvalue weighted by atomic mass is 10.2. The average molecular weight is 498 g/mol. The van der Waals surface area contributed by atoms with Gasteiger partial charge in [0.05, 0.1) is 10.8 Å². The van der Waals surface area contributed by atoms with E-state index in [2.05, 4.69) is 25.4 Å². The molecule has 0 saturated heterocycles. The molecular weight excluding hydrogens is 474 g/mol. The molecule has 0 bridgehead atoms. The highest BCUT2D eigenvalue weighted by Crippen LogP contribution is 2.39. The number of rotatable bonds is 10. The first-order valence-corrected chi connectivity index (χ1v) is 12.6. The Kier molecular flexibility index (Phi) is 6.73. The van der Waals surface area contributed by atoms with Gasteiger partial charge >= 0.3 is 0 Å². The van der Waals surface area contributed by atoms with Gasteiger partial charge in [-0.2, -0.15) is 0 Å². The molecule has 34 heavy (non-hydrogen) atoms. The quantitative estimate of drug-likeness (QED) is 0.401. The third-order valence-corrected chi connectivity index (χ3v) is 6.75. The standard InChI is InChI=1S/C24H24ClN5O3S/c25-19-6-1-2-7-20(19)33-13-21-28-29-24(30(21)18-10-11-18)34-14-22(31)26-17-5-3-4-15(12-17)23(32)27-16-8-9-16/h1-7,12,16,18H,8-11,13-14H2,(H,26,31)(H,27,32). The second-order valence-corrected chi connectivity index (χ2v) is 9.73. The van der Waals surface area contributed by atoms with Crippen LogP contribution in [0.1, 0.15) is 47.9 Å². The van der Waals surface area contributed by atoms with E-state index < -0.39 is 0 Å². The van der Waals surface area contributed by atoms with Gasteiger partial charge in [0.25, 0.3) is 5.91 Å². The number of hydrogen-bond donors (Lipinski definition) is 2. The zero-order valence-corrected chi connectivity index (χ0v) is 19.9. The van der Waals surface area contributed by atoms with E-state index in [0.717, 1.165) is 25.7 Å². The van der Waals surface area contributed by atoms with Crippen LogP contribution >= 0.6 is 23.4 Å². The van der Waals surface area contributed by atoms with Crippen molar-refractivity contribution >= 4 is 40.9 Å². The van der Waals surface area contributed by atoms with Crippen LogP contribution in [-0.4, -0.2) is 38.4 Å². The Bertz CT molecular complexity index is 1210. The van der Waals surface area contributed by atoms with Gasteiger partial charge in [0, 0.05) is 23.3 Å². The Balaban J connectivity index is 1.18. The van der Waals surface area contributed by atoms with Crippen LogP contribution in [0, 0.1) is 0 Å². The summed E-state index contributed by atoms with van der Waals surface area (Å²) in [5, 5.41) is 15.6. The largest absolute Gasteiger partial charge is 0.484 e. The summed E-state index contributed by atoms with van der Waals surface area (Å²) in [4.78, 5) is 24.8. The van der Waals surface area contributed by atoms with Crippen LogP contribution in [0.25, 0.3) is 0 Å². The predicted octanol–water partition coefficient (Wildman–Crippen LogP) is 4.47. The normalized spacial score (nSPS) is 15.1. The first-order chi connectivity index (χ1) is 16.6. The maximum absolute atomic E-state index is 12.6. The van der Waals surface area contributed by atoms with Crippen molar-refractivity contribution in [3.63, 3.8) is 0 Å². The van der Waals surface area contributed by atoms with E-state index in [1.807, 2.05) is 18.2 Å². The second-order valence-electron chi connectivity index (χ2n) is 8.38. The van der Waals surface area contributed by atoms with E-state index in [0.29, 0.717) is 39.0 Å². The summed E-state index contributed by atoms with van der Waals surface area (Å²) in [7, 11) is 0. The van der Waals surface area contributed by atoms with Crippen molar-refractivity contribution in [3.05, 3.63) is 64.9 Å². The highest BCUT2D eigenvalue weighted by molar-refractivity contribution is 7.99. The fourth-order valence-corrected chi connectivity index (χ4v) is 4.48. The Morgan fingerprint density at radius 1 is 1.09 bits per heavy atom. The molecule has 2 fully saturated rings. The zero-order valence-electron chi connectivity index (χ0n) is 18.4. The number of amides is 2. The van der Waals surface area contributed by atoms with E-state index in [-0.39, 0.29) is 30.2 Å². The molecule has 2 saturated carbocycles. The van der Waals surface area contributed by atoms with E-state index in [1.165, 1.54) is 11.8 Å². The molecule has 2 aromatic carbocycles. The first kappa shape index (κ1) is 22.7. The van der Waals surface area contributed by atoms with Gasteiger partial charge in [0.1, 0.15) is 12.4 Å². The Morgan fingerprint density at radius 3 is 2.68 bits per heavy atom. The molecule has 5 rings (SSSR count). The molecule has 0 unspecified atom stereocenters. The molecular formula is C24H24ClN5O3S. The lowest BCUT2D eigenvalue weighted by Crippen LogP contribution is -2.25. The fraction of sp³-hybridized carbons (Fsp3) is 0.333. The van der Waals surface area contributed by atoms with E-state index in [1.54, 1.807) is 30.3 Å². The summed E-state index contributed by atoms with van der Waals surface area (Å²) in [6, 6.07) is 14.9. The van der Waals surface area contributed by atoms with Gasteiger partial charge in [-0.3, -0.25) is 14.2 Å². The molecule has 176 valence electrons. The predicted molar refractivity (Wildman–Crippen MR) is 130 cm³/mol. The van der Waals surface area contributed by atoms with Gasteiger partial charge in [-0.25, -0.2) is 0 Å². The van der Waals surface area contributed by atoms with Gasteiger partial charge in [-0.15, -0.1) is 10.2 Å². The molecule has 2 N–H and O–H groups in total. The summed E-state index contributed by atoms with van der Waals surface area (Å²) >= 11 is 7.51. The number of nitrogens with one attached hydrogen (secondary N) is 2. The second kappa shape index (κ2) is 10.1. The topological polar surface area (TPSA) is 98.1 Å². The van der Waals surface area contributed by atoms with Crippen LogP contribution in [0.3, 0.4) is 0 Å². The van der Waals surface area contributed by atoms with E-state index in [4.69, 9.17) is 16.3 Å². The fourth-order valence-electron chi connectivity index (χ4n) is 3.47. The number of thioether (sulfide) groups is 1. The monoisotopic (exact) mass is 497 g/mol. The molecule has 1 heterocycles. The minimum Gasteiger partial charge on any atom is -0.484 e. The summed E-state index contributed by atoms with van der Waals surface area (Å²) in [5.74, 6) is 1.19. The average Bonchev–Trinajstić information content (AvgIpc) is 3.77. The number of aromatic nitrogens is 3. The Hall–Kier alpha value is -3.04. The highest BCUT2D eigenvalue weighted by atomic mass is 35.5. The molecule has 0 aliphatic heterocycles. The highest BCUT2D eigenvalue weighted by Gasteiger charge is 2.30. The smallest absolute Gasteiger partial charge is 0.251 e. The Labute approximate surface area is 206 Å². The first-order valence-electron chi connectivity index (χ1n) is 11.2. The molecule has 0 radical (unpaired) electrons. The third-order valence-electron chi connectivity index (χ3n) is 5.49. The van der Waals surface area contributed by atoms with Crippen molar-refractivity contribution in [2.24, 2.45) is 0 Å². The Morgan fingerprint density at radius 2 is 1.91 bits per heavy atom. The lowest BCUT2D eigenvalue weighted by Gasteiger charge is -2.11. The van der Waals surface area contributed by atoms with Crippen molar-refractivity contribution in [2.45, 2.75) is 49.5 Å². The molecule has 1 aromatic heterocycles. The van der Waals surface area contributed by atoms with Gasteiger partial charge in [-0.1, -0.05) is 41.6 Å². The number of anilines is 1. The number of carbonyl (C=O) groups is 2. The van der Waals surface area contributed by atoms with Gasteiger partial charge in [-0.05, 0) is 56.0 Å². The SMILES string of the molecule is O=C(CSc1nnc(COc2ccccc2Cl)n1C1CC1)Nc1cccc(C(=O)NC2CC2)c1. The molecule has 0 spiro atoms. The van der Waals surface area contributed by atoms with Crippen LogP contribution in [0.5, 0.6) is 5.75 Å². The van der Waals surface area contributed by atoms with Crippen LogP contribution < -0.4 is 15.4 Å². The maximum atomic E-state index is 12.6. The van der Waals surface area contributed by atoms with Crippen LogP contribution in [0.2, 0.25) is 5.02 Å². The van der Waals surface area contributed by atoms with Crippen molar-refractivity contribution in [2.75, 3.05) is 11.1 Å². The maximum Gasteiger partial charge on any atom is 0.251 e. The van der Waals surface area contributed by atoms with E-state index >= 15 is 0 Å². The summed E-state index contributed by atoms with van der Waals surface area (Å²) < 4.78 is 7.89. The summed E-state index contributed by atoms with van der Waals surface area (Å²) in [5.41, 5.74) is 1.13. The van der Waals surface area contributed by atoms with Crippen LogP contribution in [0.15, 0.2) is 53.7 Å². The minimum absolute atomic E-state index is 0.114. The number of benzene rings is 2. The van der Waals surface area contributed by atoms with Gasteiger partial charge < -0.3 is 15.4 Å². The van der Waals surface area contributed by atoms with Crippen LogP contribution in [0.4, 0.5) is 5.69 Å². The molecule has 0 atom stereocenters. The van der Waals surface area contributed by atoms with Gasteiger partial charge in [0.15, 0.2) is 11.0 Å². The number of halogens is 1. The molecule has 8 nitrogen and oxygen atoms in total. The van der Waals surface area contributed by atoms with Crippen molar-refractivity contribution in [1.82, 2.24) is 20.1 Å². The molecule has 3 aromatic rings. The van der Waals surface area contributed by atoms with E-state index in [9.17, 15) is 9.59 Å². The number of ether oxygens (including phenoxy) is 1. The minimum atomic E-state index is -0.177. The zero-order chi connectivity index (χ0) is 23.5. The van der Waals surface area contributed by atoms with Crippen molar-refractivity contribution in [1.29, 1.82) is 0 Å². The molecule has 10 heteroatoms. The van der Waals surface area contributed by atoms with Crippen molar-refractivity contribution in [3.8, 4) is 5.75 Å². The number of carbonyl (C=O) groups excluding carboxylic acids is 2. The number of nitrogens with zero attached hydrogens (tertiary/aromatic N) is 3. The number of para-hydroxylation sites is 1. The van der Waals surface area contributed by atoms with Crippen LogP contribution in [-0.2, 0) is 11.4 Å². The number of hydrogen-bond acceptors (Lipinski definition) is 6. The lowest BCUT2D eigenvalue weighted by molar-refractivity contribution is -0.113. The summed E-state index contributed by atoms with van der Waals surface area (Å²) in [6.07, 6.45) is 4.15. The van der Waals surface area contributed by atoms with Crippen molar-refractivity contribution < 1.29 is 14.3 Å². The molecule has 2 amide bonds. The molecule has 2 aliphatic rings. The summed E-state index contributed by atoms with van der Waals surface area (Å²) in [6.45, 7) is 0.246. The molecule has 2 aliphatic carbocycles. The van der Waals surface area contributed by atoms with Gasteiger partial charge in [0.2, 0.25) is 5.91 Å².